The Balaban J connectivity index is 1.75. The van der Waals surface area contributed by atoms with Gasteiger partial charge in [0.05, 0.1) is 10.6 Å². The topological polar surface area (TPSA) is 149 Å². The first-order valence-corrected chi connectivity index (χ1v) is 11.9. The minimum absolute atomic E-state index is 0.0254. The third kappa shape index (κ3) is 5.06. The van der Waals surface area contributed by atoms with Gasteiger partial charge in [0, 0.05) is 24.7 Å². The van der Waals surface area contributed by atoms with Crippen molar-refractivity contribution in [2.75, 3.05) is 30.0 Å². The Labute approximate surface area is 184 Å². The molecule has 0 saturated heterocycles. The van der Waals surface area contributed by atoms with Gasteiger partial charge in [-0.2, -0.15) is 4.31 Å². The summed E-state index contributed by atoms with van der Waals surface area (Å²) in [6, 6.07) is 7.96. The van der Waals surface area contributed by atoms with Crippen molar-refractivity contribution in [1.29, 1.82) is 0 Å². The normalized spacial score (nSPS) is 11.7. The molecule has 3 aromatic rings. The molecule has 2 heterocycles. The average Bonchev–Trinajstić information content (AvgIpc) is 3.32. The Kier molecular flexibility index (Phi) is 6.97. The Morgan fingerprint density at radius 3 is 2.65 bits per heavy atom. The maximum Gasteiger partial charge on any atom is 0.243 e. The predicted octanol–water partition coefficient (Wildman–Crippen LogP) is 1.72. The number of benzene rings is 1. The predicted molar refractivity (Wildman–Crippen MR) is 116 cm³/mol. The standard InChI is InChI=1S/C18H23N7O4S2/c1-4-24(5-2)31(27,28)14-8-6-7-13(10-14)17-21-22-18(25(17)19)30-11-16(26)20-15-9-12(3)29-23-15/h6-10H,4-5,11,19H2,1-3H3,(H,20,23,26). The second-order valence-corrected chi connectivity index (χ2v) is 9.33. The van der Waals surface area contributed by atoms with E-state index < -0.39 is 10.0 Å². The zero-order chi connectivity index (χ0) is 22.6. The number of nitrogens with two attached hydrogens (primary N) is 1. The van der Waals surface area contributed by atoms with Crippen molar-refractivity contribution in [3.05, 3.63) is 36.1 Å². The van der Waals surface area contributed by atoms with E-state index in [1.54, 1.807) is 39.0 Å². The highest BCUT2D eigenvalue weighted by Crippen LogP contribution is 2.25. The number of aromatic nitrogens is 4. The first-order chi connectivity index (χ1) is 14.8. The first-order valence-electron chi connectivity index (χ1n) is 9.43. The van der Waals surface area contributed by atoms with E-state index in [2.05, 4.69) is 20.7 Å². The lowest BCUT2D eigenvalue weighted by Gasteiger charge is -2.18. The molecule has 0 spiro atoms. The van der Waals surface area contributed by atoms with E-state index in [0.29, 0.717) is 35.4 Å². The molecule has 0 saturated carbocycles. The second kappa shape index (κ2) is 9.49. The van der Waals surface area contributed by atoms with Gasteiger partial charge in [-0.1, -0.05) is 42.9 Å². The molecule has 2 aromatic heterocycles. The third-order valence-electron chi connectivity index (χ3n) is 4.33. The number of aryl methyl sites for hydroxylation is 1. The molecule has 0 atom stereocenters. The summed E-state index contributed by atoms with van der Waals surface area (Å²) in [5.41, 5.74) is 0.498. The fourth-order valence-electron chi connectivity index (χ4n) is 2.81. The summed E-state index contributed by atoms with van der Waals surface area (Å²) in [4.78, 5) is 12.2. The van der Waals surface area contributed by atoms with E-state index >= 15 is 0 Å². The number of rotatable bonds is 9. The molecule has 0 aliphatic carbocycles. The van der Waals surface area contributed by atoms with Crippen molar-refractivity contribution in [2.45, 2.75) is 30.8 Å². The summed E-state index contributed by atoms with van der Waals surface area (Å²) in [5.74, 6) is 7.01. The molecule has 166 valence electrons. The van der Waals surface area contributed by atoms with Crippen molar-refractivity contribution in [2.24, 2.45) is 0 Å². The highest BCUT2D eigenvalue weighted by Gasteiger charge is 2.23. The minimum atomic E-state index is -3.62. The van der Waals surface area contributed by atoms with Crippen LogP contribution in [-0.4, -0.2) is 57.5 Å². The molecule has 0 fully saturated rings. The monoisotopic (exact) mass is 465 g/mol. The van der Waals surface area contributed by atoms with Gasteiger partial charge in [-0.05, 0) is 19.1 Å². The van der Waals surface area contributed by atoms with Gasteiger partial charge in [0.2, 0.25) is 21.1 Å². The Hall–Kier alpha value is -2.90. The molecule has 31 heavy (non-hydrogen) atoms. The largest absolute Gasteiger partial charge is 0.360 e. The van der Waals surface area contributed by atoms with Gasteiger partial charge >= 0.3 is 0 Å². The Morgan fingerprint density at radius 2 is 2.00 bits per heavy atom. The van der Waals surface area contributed by atoms with Crippen LogP contribution in [0.3, 0.4) is 0 Å². The van der Waals surface area contributed by atoms with E-state index in [1.807, 2.05) is 0 Å². The molecule has 3 N–H and O–H groups in total. The molecule has 13 heteroatoms. The number of carbonyl (C=O) groups is 1. The number of nitrogens with one attached hydrogen (secondary N) is 1. The van der Waals surface area contributed by atoms with Crippen LogP contribution in [0, 0.1) is 6.92 Å². The lowest BCUT2D eigenvalue weighted by atomic mass is 10.2. The van der Waals surface area contributed by atoms with Crippen LogP contribution in [0.1, 0.15) is 19.6 Å². The van der Waals surface area contributed by atoms with E-state index in [4.69, 9.17) is 10.4 Å². The highest BCUT2D eigenvalue weighted by molar-refractivity contribution is 7.99. The fraction of sp³-hybridized carbons (Fsp3) is 0.333. The third-order valence-corrected chi connectivity index (χ3v) is 7.32. The van der Waals surface area contributed by atoms with Crippen LogP contribution in [0.4, 0.5) is 5.82 Å². The maximum atomic E-state index is 12.8. The summed E-state index contributed by atoms with van der Waals surface area (Å²) in [5, 5.41) is 14.7. The van der Waals surface area contributed by atoms with Gasteiger partial charge in [-0.25, -0.2) is 13.1 Å². The molecule has 0 aliphatic heterocycles. The summed E-state index contributed by atoms with van der Waals surface area (Å²) in [7, 11) is -3.62. The molecule has 0 bridgehead atoms. The van der Waals surface area contributed by atoms with Crippen molar-refractivity contribution in [3.8, 4) is 11.4 Å². The van der Waals surface area contributed by atoms with Crippen LogP contribution in [0.15, 0.2) is 44.9 Å². The quantitative estimate of drug-likeness (QED) is 0.356. The Morgan fingerprint density at radius 1 is 1.26 bits per heavy atom. The first kappa shape index (κ1) is 22.8. The number of hydrogen-bond acceptors (Lipinski definition) is 9. The number of thioether (sulfide) groups is 1. The fourth-order valence-corrected chi connectivity index (χ4v) is 4.98. The molecule has 0 radical (unpaired) electrons. The molecule has 11 nitrogen and oxygen atoms in total. The molecular weight excluding hydrogens is 442 g/mol. The number of hydrogen-bond donors (Lipinski definition) is 2. The van der Waals surface area contributed by atoms with Gasteiger partial charge in [0.1, 0.15) is 5.76 Å². The minimum Gasteiger partial charge on any atom is -0.360 e. The summed E-state index contributed by atoms with van der Waals surface area (Å²) < 4.78 is 33.1. The van der Waals surface area contributed by atoms with Crippen LogP contribution in [0.25, 0.3) is 11.4 Å². The van der Waals surface area contributed by atoms with Crippen LogP contribution >= 0.6 is 11.8 Å². The van der Waals surface area contributed by atoms with Gasteiger partial charge in [-0.3, -0.25) is 4.79 Å². The van der Waals surface area contributed by atoms with Gasteiger partial charge < -0.3 is 15.7 Å². The van der Waals surface area contributed by atoms with Gasteiger partial charge in [0.25, 0.3) is 0 Å². The number of amides is 1. The lowest BCUT2D eigenvalue weighted by molar-refractivity contribution is -0.113. The maximum absolute atomic E-state index is 12.8. The zero-order valence-electron chi connectivity index (χ0n) is 17.3. The van der Waals surface area contributed by atoms with Gasteiger partial charge in [0.15, 0.2) is 11.6 Å². The smallest absolute Gasteiger partial charge is 0.243 e. The number of anilines is 1. The van der Waals surface area contributed by atoms with Crippen molar-refractivity contribution >= 4 is 33.5 Å². The van der Waals surface area contributed by atoms with E-state index in [-0.39, 0.29) is 22.4 Å². The van der Waals surface area contributed by atoms with E-state index in [1.165, 1.54) is 21.1 Å². The molecule has 1 amide bonds. The van der Waals surface area contributed by atoms with Crippen molar-refractivity contribution in [1.82, 2.24) is 24.3 Å². The van der Waals surface area contributed by atoms with Crippen molar-refractivity contribution < 1.29 is 17.7 Å². The second-order valence-electron chi connectivity index (χ2n) is 6.45. The molecule has 1 aromatic carbocycles. The zero-order valence-corrected chi connectivity index (χ0v) is 18.9. The van der Waals surface area contributed by atoms with E-state index in [9.17, 15) is 13.2 Å². The Bertz CT molecular complexity index is 1170. The number of carbonyl (C=O) groups excluding carboxylic acids is 1. The summed E-state index contributed by atoms with van der Waals surface area (Å²) in [6.07, 6.45) is 0. The molecule has 0 aliphatic rings. The average molecular weight is 466 g/mol. The number of nitrogens with zero attached hydrogens (tertiary/aromatic N) is 5. The molecule has 0 unspecified atom stereocenters. The number of sulfonamides is 1. The van der Waals surface area contributed by atoms with Crippen LogP contribution in [-0.2, 0) is 14.8 Å². The van der Waals surface area contributed by atoms with Crippen LogP contribution < -0.4 is 11.2 Å². The van der Waals surface area contributed by atoms with E-state index in [0.717, 1.165) is 11.8 Å². The van der Waals surface area contributed by atoms with Crippen LogP contribution in [0.5, 0.6) is 0 Å². The highest BCUT2D eigenvalue weighted by atomic mass is 32.2. The summed E-state index contributed by atoms with van der Waals surface area (Å²) in [6.45, 7) is 6.02. The number of nitrogen functional groups attached to an aromatic ring is 1. The summed E-state index contributed by atoms with van der Waals surface area (Å²) >= 11 is 1.09. The lowest BCUT2D eigenvalue weighted by Crippen LogP contribution is -2.30. The van der Waals surface area contributed by atoms with Gasteiger partial charge in [-0.15, -0.1) is 10.2 Å². The molecule has 3 rings (SSSR count). The van der Waals surface area contributed by atoms with Crippen LogP contribution in [0.2, 0.25) is 0 Å². The van der Waals surface area contributed by atoms with Crippen molar-refractivity contribution in [3.63, 3.8) is 0 Å². The molecular formula is C18H23N7O4S2. The SMILES string of the molecule is CCN(CC)S(=O)(=O)c1cccc(-c2nnc(SCC(=O)Nc3cc(C)on3)n2N)c1.